The Labute approximate surface area is 176 Å². The minimum atomic E-state index is -3.67. The average Bonchev–Trinajstić information content (AvgIpc) is 3.00. The van der Waals surface area contributed by atoms with E-state index in [1.165, 1.54) is 59.7 Å². The number of amides is 1. The van der Waals surface area contributed by atoms with E-state index in [2.05, 4.69) is 5.10 Å². The number of aryl methyl sites for hydroxylation is 1. The number of rotatable bonds is 5. The molecule has 0 radical (unpaired) electrons. The highest BCUT2D eigenvalue weighted by Gasteiger charge is 2.29. The summed E-state index contributed by atoms with van der Waals surface area (Å²) in [7, 11) is -2.71. The molecule has 1 amide bonds. The molecule has 0 N–H and O–H groups in total. The van der Waals surface area contributed by atoms with Crippen molar-refractivity contribution in [3.63, 3.8) is 0 Å². The zero-order valence-corrected chi connectivity index (χ0v) is 18.7. The van der Waals surface area contributed by atoms with Gasteiger partial charge in [0, 0.05) is 59.1 Å². The molecule has 1 aliphatic rings. The molecule has 1 aliphatic heterocycles. The summed E-state index contributed by atoms with van der Waals surface area (Å²) >= 11 is 0. The molecule has 1 saturated heterocycles. The van der Waals surface area contributed by atoms with Gasteiger partial charge in [0.25, 0.3) is 5.91 Å². The molecule has 10 nitrogen and oxygen atoms in total. The van der Waals surface area contributed by atoms with Crippen molar-refractivity contribution >= 4 is 26.0 Å². The van der Waals surface area contributed by atoms with Crippen LogP contribution in [0.15, 0.2) is 46.5 Å². The molecule has 0 saturated carbocycles. The summed E-state index contributed by atoms with van der Waals surface area (Å²) in [5.74, 6) is -0.260. The lowest BCUT2D eigenvalue weighted by Crippen LogP contribution is -2.37. The molecule has 1 aromatic carbocycles. The van der Waals surface area contributed by atoms with E-state index in [4.69, 9.17) is 0 Å². The van der Waals surface area contributed by atoms with Gasteiger partial charge in [-0.05, 0) is 30.7 Å². The van der Waals surface area contributed by atoms with Gasteiger partial charge in [-0.3, -0.25) is 9.48 Å². The molecule has 0 spiro atoms. The van der Waals surface area contributed by atoms with E-state index in [9.17, 15) is 21.6 Å². The van der Waals surface area contributed by atoms with Gasteiger partial charge in [-0.2, -0.15) is 9.40 Å². The molecule has 0 atom stereocenters. The van der Waals surface area contributed by atoms with Crippen LogP contribution in [0, 0.1) is 0 Å². The fourth-order valence-electron chi connectivity index (χ4n) is 3.18. The van der Waals surface area contributed by atoms with Crippen molar-refractivity contribution in [1.29, 1.82) is 0 Å². The molecule has 1 fully saturated rings. The summed E-state index contributed by atoms with van der Waals surface area (Å²) in [6.07, 6.45) is 3.26. The van der Waals surface area contributed by atoms with E-state index in [1.807, 2.05) is 0 Å². The Morgan fingerprint density at radius 3 is 2.20 bits per heavy atom. The molecule has 0 bridgehead atoms. The van der Waals surface area contributed by atoms with Crippen LogP contribution in [0.25, 0.3) is 0 Å². The van der Waals surface area contributed by atoms with Crippen LogP contribution in [0.1, 0.15) is 16.8 Å². The fraction of sp³-hybridized carbons (Fsp3) is 0.444. The van der Waals surface area contributed by atoms with Gasteiger partial charge in [0.15, 0.2) is 0 Å². The molecule has 3 rings (SSSR count). The molecular weight excluding hydrogens is 430 g/mol. The number of hydrogen-bond acceptors (Lipinski definition) is 6. The largest absolute Gasteiger partial charge is 0.337 e. The Morgan fingerprint density at radius 1 is 0.967 bits per heavy atom. The highest BCUT2D eigenvalue weighted by atomic mass is 32.2. The smallest absolute Gasteiger partial charge is 0.253 e. The van der Waals surface area contributed by atoms with Crippen molar-refractivity contribution in [2.75, 3.05) is 40.3 Å². The predicted molar refractivity (Wildman–Crippen MR) is 110 cm³/mol. The maximum atomic E-state index is 12.9. The Morgan fingerprint density at radius 2 is 1.63 bits per heavy atom. The average molecular weight is 456 g/mol. The quantitative estimate of drug-likeness (QED) is 0.637. The first-order valence-electron chi connectivity index (χ1n) is 9.34. The fourth-order valence-corrected chi connectivity index (χ4v) is 5.54. The van der Waals surface area contributed by atoms with E-state index in [0.717, 1.165) is 4.31 Å². The van der Waals surface area contributed by atoms with Crippen molar-refractivity contribution in [3.8, 4) is 0 Å². The Bertz CT molecular complexity index is 1120. The molecule has 30 heavy (non-hydrogen) atoms. The van der Waals surface area contributed by atoms with Gasteiger partial charge in [-0.25, -0.2) is 21.1 Å². The number of nitrogens with zero attached hydrogens (tertiary/aromatic N) is 5. The van der Waals surface area contributed by atoms with Gasteiger partial charge in [0.1, 0.15) is 4.90 Å². The summed E-state index contributed by atoms with van der Waals surface area (Å²) in [5, 5.41) is 3.92. The van der Waals surface area contributed by atoms with E-state index >= 15 is 0 Å². The second-order valence-corrected chi connectivity index (χ2v) is 11.3. The molecule has 0 unspecified atom stereocenters. The Kier molecular flexibility index (Phi) is 6.32. The van der Waals surface area contributed by atoms with Gasteiger partial charge in [-0.15, -0.1) is 0 Å². The third kappa shape index (κ3) is 4.41. The summed E-state index contributed by atoms with van der Waals surface area (Å²) in [6, 6.07) is 5.76. The normalized spacial score (nSPS) is 16.6. The van der Waals surface area contributed by atoms with Crippen molar-refractivity contribution in [1.82, 2.24) is 23.3 Å². The maximum absolute atomic E-state index is 12.9. The lowest BCUT2D eigenvalue weighted by atomic mass is 10.2. The first-order chi connectivity index (χ1) is 14.0. The highest BCUT2D eigenvalue weighted by Crippen LogP contribution is 2.19. The lowest BCUT2D eigenvalue weighted by Gasteiger charge is -2.22. The molecule has 2 heterocycles. The standard InChI is InChI=1S/C18H25N5O5S2/c1-20(2)29(25,26)16-7-5-15(6-8-16)18(24)22-9-4-10-23(12-11-22)30(27,28)17-13-19-21(3)14-17/h5-8,13-14H,4,9-12H2,1-3H3. The zero-order valence-electron chi connectivity index (χ0n) is 17.1. The first kappa shape index (κ1) is 22.4. The topological polar surface area (TPSA) is 113 Å². The number of carbonyl (C=O) groups is 1. The van der Waals surface area contributed by atoms with E-state index < -0.39 is 20.0 Å². The number of hydrogen-bond donors (Lipinski definition) is 0. The molecule has 0 aliphatic carbocycles. The van der Waals surface area contributed by atoms with Crippen LogP contribution in [-0.2, 0) is 27.1 Å². The molecule has 12 heteroatoms. The molecule has 164 valence electrons. The van der Waals surface area contributed by atoms with E-state index in [1.54, 1.807) is 11.9 Å². The Hall–Kier alpha value is -2.28. The molecular formula is C18H25N5O5S2. The third-order valence-corrected chi connectivity index (χ3v) is 8.62. The van der Waals surface area contributed by atoms with Crippen molar-refractivity contribution in [2.24, 2.45) is 7.05 Å². The minimum absolute atomic E-state index is 0.105. The minimum Gasteiger partial charge on any atom is -0.337 e. The SMILES string of the molecule is CN(C)S(=O)(=O)c1ccc(C(=O)N2CCCN(S(=O)(=O)c3cnn(C)c3)CC2)cc1. The number of benzene rings is 1. The van der Waals surface area contributed by atoms with Crippen LogP contribution >= 0.6 is 0 Å². The first-order valence-corrected chi connectivity index (χ1v) is 12.2. The van der Waals surface area contributed by atoms with Crippen LogP contribution in [0.5, 0.6) is 0 Å². The van der Waals surface area contributed by atoms with Crippen LogP contribution in [-0.4, -0.2) is 86.3 Å². The van der Waals surface area contributed by atoms with Crippen molar-refractivity contribution in [2.45, 2.75) is 16.2 Å². The third-order valence-electron chi connectivity index (χ3n) is 4.94. The number of sulfonamides is 2. The zero-order chi connectivity index (χ0) is 22.1. The van der Waals surface area contributed by atoms with Gasteiger partial charge >= 0.3 is 0 Å². The maximum Gasteiger partial charge on any atom is 0.253 e. The van der Waals surface area contributed by atoms with Crippen molar-refractivity contribution in [3.05, 3.63) is 42.2 Å². The monoisotopic (exact) mass is 455 g/mol. The van der Waals surface area contributed by atoms with Gasteiger partial charge in [-0.1, -0.05) is 0 Å². The molecule has 2 aromatic rings. The summed E-state index contributed by atoms with van der Waals surface area (Å²) in [4.78, 5) is 14.7. The van der Waals surface area contributed by atoms with E-state index in [0.29, 0.717) is 25.1 Å². The number of carbonyl (C=O) groups excluding carboxylic acids is 1. The van der Waals surface area contributed by atoms with E-state index in [-0.39, 0.29) is 28.8 Å². The summed E-state index contributed by atoms with van der Waals surface area (Å²) in [5.41, 5.74) is 0.358. The second-order valence-electron chi connectivity index (χ2n) is 7.21. The predicted octanol–water partition coefficient (Wildman–Crippen LogP) is 0.207. The molecule has 1 aromatic heterocycles. The summed E-state index contributed by atoms with van der Waals surface area (Å²) in [6.45, 7) is 1.14. The second kappa shape index (κ2) is 8.46. The van der Waals surface area contributed by atoms with Gasteiger partial charge < -0.3 is 4.90 Å². The number of aromatic nitrogens is 2. The van der Waals surface area contributed by atoms with Crippen LogP contribution in [0.2, 0.25) is 0 Å². The van der Waals surface area contributed by atoms with Gasteiger partial charge in [0.05, 0.1) is 11.1 Å². The summed E-state index contributed by atoms with van der Waals surface area (Å²) < 4.78 is 53.8. The van der Waals surface area contributed by atoms with Crippen LogP contribution in [0.3, 0.4) is 0 Å². The van der Waals surface area contributed by atoms with Crippen LogP contribution in [0.4, 0.5) is 0 Å². The van der Waals surface area contributed by atoms with Crippen molar-refractivity contribution < 1.29 is 21.6 Å². The van der Waals surface area contributed by atoms with Crippen LogP contribution < -0.4 is 0 Å². The Balaban J connectivity index is 1.72. The highest BCUT2D eigenvalue weighted by molar-refractivity contribution is 7.89. The van der Waals surface area contributed by atoms with Gasteiger partial charge in [0.2, 0.25) is 20.0 Å². The lowest BCUT2D eigenvalue weighted by molar-refractivity contribution is 0.0764.